The summed E-state index contributed by atoms with van der Waals surface area (Å²) in [5.74, 6) is 0.677. The summed E-state index contributed by atoms with van der Waals surface area (Å²) in [6.07, 6.45) is 3.96. The van der Waals surface area contributed by atoms with Crippen molar-refractivity contribution in [2.75, 3.05) is 13.1 Å². The minimum atomic E-state index is -0.235. The second-order valence-corrected chi connectivity index (χ2v) is 8.30. The van der Waals surface area contributed by atoms with Crippen molar-refractivity contribution >= 4 is 22.6 Å². The van der Waals surface area contributed by atoms with E-state index in [1.807, 2.05) is 0 Å². The van der Waals surface area contributed by atoms with Crippen molar-refractivity contribution in [3.63, 3.8) is 0 Å². The molecule has 1 fully saturated rings. The van der Waals surface area contributed by atoms with E-state index in [0.29, 0.717) is 5.92 Å². The Labute approximate surface area is 158 Å². The van der Waals surface area contributed by atoms with Crippen LogP contribution >= 0.6 is 22.6 Å². The van der Waals surface area contributed by atoms with Gasteiger partial charge in [0, 0.05) is 16.0 Å². The zero-order chi connectivity index (χ0) is 16.5. The normalized spacial score (nSPS) is 25.4. The maximum absolute atomic E-state index is 10.7. The van der Waals surface area contributed by atoms with Crippen molar-refractivity contribution in [3.05, 3.63) is 68.8 Å². The largest absolute Gasteiger partial charge is 0.391 e. The van der Waals surface area contributed by atoms with Crippen LogP contribution in [0, 0.1) is 3.57 Å². The molecule has 126 valence electrons. The Bertz CT molecular complexity index is 694. The summed E-state index contributed by atoms with van der Waals surface area (Å²) < 4.78 is 1.30. The van der Waals surface area contributed by atoms with Crippen molar-refractivity contribution in [1.29, 1.82) is 0 Å². The summed E-state index contributed by atoms with van der Waals surface area (Å²) in [5, 5.41) is 10.7. The fourth-order valence-electron chi connectivity index (χ4n) is 4.39. The first kappa shape index (κ1) is 16.6. The second kappa shape index (κ2) is 7.14. The molecule has 2 nitrogen and oxygen atoms in total. The van der Waals surface area contributed by atoms with Crippen molar-refractivity contribution in [1.82, 2.24) is 4.90 Å². The number of rotatable bonds is 2. The number of benzene rings is 2. The Morgan fingerprint density at radius 1 is 0.917 bits per heavy atom. The fourth-order valence-corrected chi connectivity index (χ4v) is 5.17. The van der Waals surface area contributed by atoms with Gasteiger partial charge in [-0.05, 0) is 83.6 Å². The smallest absolute Gasteiger partial charge is 0.0739 e. The molecule has 24 heavy (non-hydrogen) atoms. The van der Waals surface area contributed by atoms with Crippen molar-refractivity contribution < 1.29 is 5.11 Å². The number of likely N-dealkylation sites (tertiary alicyclic amines) is 1. The Kier molecular flexibility index (Phi) is 4.93. The van der Waals surface area contributed by atoms with Crippen LogP contribution in [0.3, 0.4) is 0 Å². The van der Waals surface area contributed by atoms with Gasteiger partial charge in [-0.2, -0.15) is 0 Å². The molecule has 0 aromatic heterocycles. The van der Waals surface area contributed by atoms with Crippen LogP contribution in [-0.4, -0.2) is 35.2 Å². The van der Waals surface area contributed by atoms with Crippen LogP contribution < -0.4 is 0 Å². The molecule has 0 unspecified atom stereocenters. The topological polar surface area (TPSA) is 23.5 Å². The van der Waals surface area contributed by atoms with Crippen LogP contribution in [0.25, 0.3) is 0 Å². The van der Waals surface area contributed by atoms with E-state index >= 15 is 0 Å². The lowest BCUT2D eigenvalue weighted by Gasteiger charge is -2.42. The van der Waals surface area contributed by atoms with Gasteiger partial charge in [-0.3, -0.25) is 4.90 Å². The summed E-state index contributed by atoms with van der Waals surface area (Å²) in [5.41, 5.74) is 4.27. The maximum Gasteiger partial charge on any atom is 0.0739 e. The maximum atomic E-state index is 10.7. The van der Waals surface area contributed by atoms with Gasteiger partial charge in [0.15, 0.2) is 0 Å². The summed E-state index contributed by atoms with van der Waals surface area (Å²) >= 11 is 2.40. The number of piperidine rings is 1. The first-order chi connectivity index (χ1) is 11.7. The number of aliphatic hydroxyl groups excluding tert-OH is 1. The molecule has 1 N–H and O–H groups in total. The summed E-state index contributed by atoms with van der Waals surface area (Å²) in [7, 11) is 0. The Hall–Kier alpha value is -0.910. The van der Waals surface area contributed by atoms with E-state index in [2.05, 4.69) is 76.0 Å². The monoisotopic (exact) mass is 431 g/mol. The number of hydrogen-bond donors (Lipinski definition) is 1. The molecule has 1 aliphatic carbocycles. The van der Waals surface area contributed by atoms with E-state index in [9.17, 15) is 5.11 Å². The lowest BCUT2D eigenvalue weighted by Crippen LogP contribution is -2.51. The molecular weight excluding hydrogens is 407 g/mol. The summed E-state index contributed by atoms with van der Waals surface area (Å²) in [6, 6.07) is 17.7. The van der Waals surface area contributed by atoms with Crippen LogP contribution in [0.5, 0.6) is 0 Å². The standard InChI is InChI=1S/C21H24INO/c22-19-8-4-7-17-13-20(21(24)14-18(17)19)23-11-9-16(10-12-23)15-5-2-1-3-6-15/h1-8,16,20-21,24H,9-14H2/t20-,21-/m1/s1/i22-2. The number of nitrogens with zero attached hydrogens (tertiary/aromatic N) is 1. The number of hydrogen-bond acceptors (Lipinski definition) is 2. The van der Waals surface area contributed by atoms with Gasteiger partial charge in [-0.15, -0.1) is 0 Å². The minimum absolute atomic E-state index is 0.235. The van der Waals surface area contributed by atoms with E-state index in [4.69, 9.17) is 0 Å². The van der Waals surface area contributed by atoms with Gasteiger partial charge in [0.2, 0.25) is 0 Å². The van der Waals surface area contributed by atoms with E-state index in [0.717, 1.165) is 25.9 Å². The predicted molar refractivity (Wildman–Crippen MR) is 106 cm³/mol. The quantitative estimate of drug-likeness (QED) is 0.727. The van der Waals surface area contributed by atoms with Crippen molar-refractivity contribution in [2.24, 2.45) is 0 Å². The van der Waals surface area contributed by atoms with Gasteiger partial charge < -0.3 is 5.11 Å². The molecule has 0 spiro atoms. The SMILES string of the molecule is O[C@@H]1Cc2c([125I])cccc2C[C@H]1N1CCC(c2ccccc2)CC1. The Morgan fingerprint density at radius 3 is 2.42 bits per heavy atom. The van der Waals surface area contributed by atoms with Gasteiger partial charge in [-0.1, -0.05) is 42.5 Å². The third kappa shape index (κ3) is 3.26. The molecule has 1 heterocycles. The lowest BCUT2D eigenvalue weighted by atomic mass is 9.83. The first-order valence-electron chi connectivity index (χ1n) is 8.95. The zero-order valence-electron chi connectivity index (χ0n) is 13.9. The van der Waals surface area contributed by atoms with Crippen molar-refractivity contribution in [3.8, 4) is 0 Å². The molecule has 0 radical (unpaired) electrons. The average Bonchev–Trinajstić information content (AvgIpc) is 2.63. The summed E-state index contributed by atoms with van der Waals surface area (Å²) in [4.78, 5) is 2.53. The highest BCUT2D eigenvalue weighted by molar-refractivity contribution is 14.1. The molecule has 4 rings (SSSR count). The highest BCUT2D eigenvalue weighted by Crippen LogP contribution is 2.33. The highest BCUT2D eigenvalue weighted by atomic mass is 125. The molecule has 1 saturated heterocycles. The predicted octanol–water partition coefficient (Wildman–Crippen LogP) is 4.00. The van der Waals surface area contributed by atoms with Gasteiger partial charge in [0.05, 0.1) is 6.10 Å². The molecule has 2 aromatic rings. The number of fused-ring (bicyclic) bond motifs is 1. The Balaban J connectivity index is 1.44. The second-order valence-electron chi connectivity index (χ2n) is 7.14. The molecule has 0 amide bonds. The van der Waals surface area contributed by atoms with Crippen LogP contribution in [0.4, 0.5) is 0 Å². The molecule has 3 heteroatoms. The van der Waals surface area contributed by atoms with Gasteiger partial charge in [0.1, 0.15) is 0 Å². The Morgan fingerprint density at radius 2 is 1.67 bits per heavy atom. The van der Waals surface area contributed by atoms with Gasteiger partial charge in [0.25, 0.3) is 0 Å². The lowest BCUT2D eigenvalue weighted by molar-refractivity contribution is 0.0293. The average molecular weight is 431 g/mol. The molecule has 2 aromatic carbocycles. The van der Waals surface area contributed by atoms with E-state index in [-0.39, 0.29) is 12.1 Å². The van der Waals surface area contributed by atoms with Crippen LogP contribution in [0.2, 0.25) is 0 Å². The fraction of sp³-hybridized carbons (Fsp3) is 0.429. The molecule has 2 atom stereocenters. The van der Waals surface area contributed by atoms with Gasteiger partial charge >= 0.3 is 0 Å². The third-order valence-corrected chi connectivity index (χ3v) is 6.78. The molecule has 1 aliphatic heterocycles. The van der Waals surface area contributed by atoms with Crippen LogP contribution in [0.15, 0.2) is 48.5 Å². The van der Waals surface area contributed by atoms with Crippen molar-refractivity contribution in [2.45, 2.75) is 43.7 Å². The first-order valence-corrected chi connectivity index (χ1v) is 10.0. The molecular formula is C21H24INO. The number of aliphatic hydroxyl groups is 1. The van der Waals surface area contributed by atoms with E-state index in [1.54, 1.807) is 0 Å². The van der Waals surface area contributed by atoms with E-state index in [1.165, 1.54) is 33.1 Å². The van der Waals surface area contributed by atoms with Crippen LogP contribution in [0.1, 0.15) is 35.4 Å². The molecule has 2 aliphatic rings. The third-order valence-electron chi connectivity index (χ3n) is 5.77. The number of halogens is 1. The van der Waals surface area contributed by atoms with Gasteiger partial charge in [-0.25, -0.2) is 0 Å². The van der Waals surface area contributed by atoms with Crippen LogP contribution in [-0.2, 0) is 12.8 Å². The molecule has 0 bridgehead atoms. The zero-order valence-corrected chi connectivity index (χ0v) is 16.0. The molecule has 0 saturated carbocycles. The summed E-state index contributed by atoms with van der Waals surface area (Å²) in [6.45, 7) is 2.20. The van der Waals surface area contributed by atoms with E-state index < -0.39 is 0 Å². The highest BCUT2D eigenvalue weighted by Gasteiger charge is 2.34. The minimum Gasteiger partial charge on any atom is -0.391 e.